The first-order chi connectivity index (χ1) is 6.59. The van der Waals surface area contributed by atoms with Gasteiger partial charge in [0.1, 0.15) is 5.56 Å². The van der Waals surface area contributed by atoms with E-state index in [-0.39, 0.29) is 5.56 Å². The molecule has 1 fully saturated rings. The predicted molar refractivity (Wildman–Crippen MR) is 50.7 cm³/mol. The molecular weight excluding hydrogens is 182 g/mol. The van der Waals surface area contributed by atoms with E-state index in [0.717, 1.165) is 24.1 Å². The fourth-order valence-electron chi connectivity index (χ4n) is 1.60. The highest BCUT2D eigenvalue weighted by molar-refractivity contribution is 5.87. The summed E-state index contributed by atoms with van der Waals surface area (Å²) in [7, 11) is 0. The Morgan fingerprint density at radius 2 is 2.21 bits per heavy atom. The smallest absolute Gasteiger partial charge is 0.341 e. The van der Waals surface area contributed by atoms with E-state index in [2.05, 4.69) is 4.98 Å². The fourth-order valence-corrected chi connectivity index (χ4v) is 1.60. The van der Waals surface area contributed by atoms with Gasteiger partial charge in [-0.2, -0.15) is 0 Å². The quantitative estimate of drug-likeness (QED) is 0.742. The molecule has 0 unspecified atom stereocenters. The molecule has 74 valence electrons. The maximum Gasteiger partial charge on any atom is 0.341 e. The molecule has 14 heavy (non-hydrogen) atoms. The van der Waals surface area contributed by atoms with Gasteiger partial charge in [0.2, 0.25) is 0 Å². The van der Waals surface area contributed by atoms with Crippen molar-refractivity contribution in [3.8, 4) is 0 Å². The molecule has 1 saturated carbocycles. The number of carbonyl (C=O) groups is 1. The number of aromatic amines is 1. The average Bonchev–Trinajstić information content (AvgIpc) is 2.91. The van der Waals surface area contributed by atoms with E-state index in [4.69, 9.17) is 5.11 Å². The number of nitrogens with one attached hydrogen (secondary N) is 1. The summed E-state index contributed by atoms with van der Waals surface area (Å²) in [5.74, 6) is -0.734. The van der Waals surface area contributed by atoms with Crippen LogP contribution in [0.4, 0.5) is 0 Å². The van der Waals surface area contributed by atoms with Gasteiger partial charge in [-0.05, 0) is 37.3 Å². The zero-order chi connectivity index (χ0) is 10.3. The molecule has 0 aliphatic heterocycles. The summed E-state index contributed by atoms with van der Waals surface area (Å²) in [5.41, 5.74) is 1.10. The average molecular weight is 193 g/mol. The van der Waals surface area contributed by atoms with Crippen molar-refractivity contribution in [1.82, 2.24) is 4.98 Å². The van der Waals surface area contributed by atoms with Crippen molar-refractivity contribution in [3.05, 3.63) is 33.2 Å². The van der Waals surface area contributed by atoms with Crippen molar-refractivity contribution in [2.45, 2.75) is 25.7 Å². The topological polar surface area (TPSA) is 70.2 Å². The molecule has 0 spiro atoms. The largest absolute Gasteiger partial charge is 0.477 e. The second-order valence-corrected chi connectivity index (χ2v) is 3.69. The van der Waals surface area contributed by atoms with Crippen LogP contribution in [0, 0.1) is 6.92 Å². The molecule has 1 aliphatic carbocycles. The highest BCUT2D eigenvalue weighted by Crippen LogP contribution is 2.39. The van der Waals surface area contributed by atoms with Gasteiger partial charge in [-0.3, -0.25) is 4.79 Å². The molecule has 0 saturated heterocycles. The van der Waals surface area contributed by atoms with Crippen molar-refractivity contribution >= 4 is 5.97 Å². The fraction of sp³-hybridized carbons (Fsp3) is 0.400. The maximum absolute atomic E-state index is 11.3. The third kappa shape index (κ3) is 1.43. The van der Waals surface area contributed by atoms with Crippen LogP contribution in [0.3, 0.4) is 0 Å². The van der Waals surface area contributed by atoms with Crippen molar-refractivity contribution in [2.24, 2.45) is 0 Å². The molecule has 4 nitrogen and oxygen atoms in total. The minimum Gasteiger partial charge on any atom is -0.477 e. The highest BCUT2D eigenvalue weighted by Gasteiger charge is 2.27. The van der Waals surface area contributed by atoms with Gasteiger partial charge < -0.3 is 10.1 Å². The van der Waals surface area contributed by atoms with Gasteiger partial charge >= 0.3 is 5.97 Å². The summed E-state index contributed by atoms with van der Waals surface area (Å²) >= 11 is 0. The summed E-state index contributed by atoms with van der Waals surface area (Å²) < 4.78 is 0. The van der Waals surface area contributed by atoms with Gasteiger partial charge in [0.05, 0.1) is 0 Å². The molecule has 1 aliphatic rings. The number of aryl methyl sites for hydroxylation is 1. The minimum atomic E-state index is -1.17. The zero-order valence-corrected chi connectivity index (χ0v) is 7.83. The van der Waals surface area contributed by atoms with Crippen LogP contribution in [-0.4, -0.2) is 16.1 Å². The molecule has 1 aromatic rings. The van der Waals surface area contributed by atoms with E-state index < -0.39 is 11.5 Å². The Morgan fingerprint density at radius 3 is 2.71 bits per heavy atom. The Labute approximate surface area is 80.6 Å². The molecule has 0 bridgehead atoms. The highest BCUT2D eigenvalue weighted by atomic mass is 16.4. The molecule has 4 heteroatoms. The molecule has 2 rings (SSSR count). The molecule has 0 radical (unpaired) electrons. The van der Waals surface area contributed by atoms with Crippen LogP contribution in [-0.2, 0) is 0 Å². The number of hydrogen-bond donors (Lipinski definition) is 2. The lowest BCUT2D eigenvalue weighted by atomic mass is 10.1. The summed E-state index contributed by atoms with van der Waals surface area (Å²) in [4.78, 5) is 24.6. The molecule has 0 aromatic carbocycles. The van der Waals surface area contributed by atoms with Crippen LogP contribution in [0.5, 0.6) is 0 Å². The van der Waals surface area contributed by atoms with Crippen molar-refractivity contribution < 1.29 is 9.90 Å². The summed E-state index contributed by atoms with van der Waals surface area (Å²) in [6.45, 7) is 1.83. The van der Waals surface area contributed by atoms with Crippen LogP contribution in [0.2, 0.25) is 0 Å². The van der Waals surface area contributed by atoms with E-state index in [1.54, 1.807) is 0 Å². The van der Waals surface area contributed by atoms with E-state index in [1.165, 1.54) is 6.07 Å². The van der Waals surface area contributed by atoms with Gasteiger partial charge in [-0.15, -0.1) is 0 Å². The Balaban J connectivity index is 2.54. The lowest BCUT2D eigenvalue weighted by molar-refractivity contribution is 0.0695. The van der Waals surface area contributed by atoms with Crippen LogP contribution >= 0.6 is 0 Å². The van der Waals surface area contributed by atoms with Crippen molar-refractivity contribution in [1.29, 1.82) is 0 Å². The number of rotatable bonds is 2. The van der Waals surface area contributed by atoms with Crippen LogP contribution in [0.1, 0.15) is 40.4 Å². The number of pyridine rings is 1. The molecule has 0 amide bonds. The van der Waals surface area contributed by atoms with Crippen molar-refractivity contribution in [3.63, 3.8) is 0 Å². The molecular formula is C10H11NO3. The van der Waals surface area contributed by atoms with Gasteiger partial charge in [0.15, 0.2) is 0 Å². The SMILES string of the molecule is Cc1cc(C(=O)O)c(=O)[nH]c1C1CC1. The minimum absolute atomic E-state index is 0.174. The molecule has 2 N–H and O–H groups in total. The first kappa shape index (κ1) is 8.99. The summed E-state index contributed by atoms with van der Waals surface area (Å²) in [6.07, 6.45) is 2.17. The van der Waals surface area contributed by atoms with Crippen LogP contribution in [0.25, 0.3) is 0 Å². The number of aromatic nitrogens is 1. The Hall–Kier alpha value is -1.58. The second kappa shape index (κ2) is 2.97. The number of carboxylic acids is 1. The number of H-pyrrole nitrogens is 1. The maximum atomic E-state index is 11.3. The van der Waals surface area contributed by atoms with Gasteiger partial charge in [0, 0.05) is 5.69 Å². The Bertz CT molecular complexity index is 443. The number of hydrogen-bond acceptors (Lipinski definition) is 2. The Morgan fingerprint density at radius 1 is 1.57 bits per heavy atom. The normalized spacial score (nSPS) is 15.5. The van der Waals surface area contributed by atoms with Crippen molar-refractivity contribution in [2.75, 3.05) is 0 Å². The third-order valence-corrected chi connectivity index (χ3v) is 2.49. The van der Waals surface area contributed by atoms with Gasteiger partial charge in [-0.25, -0.2) is 4.79 Å². The lowest BCUT2D eigenvalue weighted by Gasteiger charge is -2.04. The number of aromatic carboxylic acids is 1. The van der Waals surface area contributed by atoms with Gasteiger partial charge in [0.25, 0.3) is 5.56 Å². The van der Waals surface area contributed by atoms with E-state index in [1.807, 2.05) is 6.92 Å². The Kier molecular flexibility index (Phi) is 1.91. The summed E-state index contributed by atoms with van der Waals surface area (Å²) in [6, 6.07) is 1.45. The van der Waals surface area contributed by atoms with E-state index in [0.29, 0.717) is 5.92 Å². The zero-order valence-electron chi connectivity index (χ0n) is 7.83. The standard InChI is InChI=1S/C10H11NO3/c1-5-4-7(10(13)14)9(12)11-8(5)6-2-3-6/h4,6H,2-3H2,1H3,(H,11,12)(H,13,14). The molecule has 1 aromatic heterocycles. The predicted octanol–water partition coefficient (Wildman–Crippen LogP) is 1.26. The van der Waals surface area contributed by atoms with Gasteiger partial charge in [-0.1, -0.05) is 0 Å². The monoisotopic (exact) mass is 193 g/mol. The summed E-state index contributed by atoms with van der Waals surface area (Å²) in [5, 5.41) is 8.72. The third-order valence-electron chi connectivity index (χ3n) is 2.49. The van der Waals surface area contributed by atoms with E-state index in [9.17, 15) is 9.59 Å². The first-order valence-electron chi connectivity index (χ1n) is 4.56. The van der Waals surface area contributed by atoms with E-state index >= 15 is 0 Å². The van der Waals surface area contributed by atoms with Crippen LogP contribution in [0.15, 0.2) is 10.9 Å². The molecule has 0 atom stereocenters. The number of carboxylic acid groups (broad SMARTS) is 1. The first-order valence-corrected chi connectivity index (χ1v) is 4.56. The molecule has 1 heterocycles. The second-order valence-electron chi connectivity index (χ2n) is 3.69. The van der Waals surface area contributed by atoms with Crippen LogP contribution < -0.4 is 5.56 Å². The lowest BCUT2D eigenvalue weighted by Crippen LogP contribution is -2.19.